The Morgan fingerprint density at radius 3 is 2.30 bits per heavy atom. The van der Waals surface area contributed by atoms with E-state index in [0.717, 1.165) is 28.4 Å². The van der Waals surface area contributed by atoms with Gasteiger partial charge in [-0.1, -0.05) is 70.1 Å². The van der Waals surface area contributed by atoms with E-state index in [-0.39, 0.29) is 5.92 Å². The largest absolute Gasteiger partial charge is 0.481 e. The first-order chi connectivity index (χ1) is 9.66. The third-order valence-corrected chi connectivity index (χ3v) is 4.66. The van der Waals surface area contributed by atoms with Crippen LogP contribution in [0, 0.1) is 3.57 Å². The number of carboxylic acid groups (broad SMARTS) is 1. The van der Waals surface area contributed by atoms with E-state index in [0.29, 0.717) is 0 Å². The molecule has 1 N–H and O–H groups in total. The summed E-state index contributed by atoms with van der Waals surface area (Å²) < 4.78 is 1.06. The second-order valence-electron chi connectivity index (χ2n) is 5.32. The minimum atomic E-state index is -0.694. The molecule has 1 atom stereocenters. The van der Waals surface area contributed by atoms with Crippen LogP contribution in [0.3, 0.4) is 0 Å². The van der Waals surface area contributed by atoms with Crippen LogP contribution in [0.25, 0.3) is 0 Å². The predicted molar refractivity (Wildman–Crippen MR) is 92.1 cm³/mol. The van der Waals surface area contributed by atoms with Crippen molar-refractivity contribution in [3.63, 3.8) is 0 Å². The van der Waals surface area contributed by atoms with Crippen LogP contribution in [0.4, 0.5) is 0 Å². The van der Waals surface area contributed by atoms with Crippen LogP contribution >= 0.6 is 22.6 Å². The Morgan fingerprint density at radius 1 is 1.10 bits per heavy atom. The first-order valence-electron chi connectivity index (χ1n) is 7.64. The molecule has 1 rings (SSSR count). The van der Waals surface area contributed by atoms with Crippen molar-refractivity contribution in [1.29, 1.82) is 0 Å². The molecule has 112 valence electrons. The second-order valence-corrected chi connectivity index (χ2v) is 6.48. The molecule has 0 aliphatic heterocycles. The van der Waals surface area contributed by atoms with E-state index in [4.69, 9.17) is 0 Å². The Hall–Kier alpha value is -0.580. The van der Waals surface area contributed by atoms with Crippen molar-refractivity contribution in [2.75, 3.05) is 0 Å². The topological polar surface area (TPSA) is 37.3 Å². The highest BCUT2D eigenvalue weighted by atomic mass is 127. The average molecular weight is 388 g/mol. The lowest BCUT2D eigenvalue weighted by Crippen LogP contribution is -2.13. The van der Waals surface area contributed by atoms with Gasteiger partial charge in [0.25, 0.3) is 0 Å². The molecule has 0 radical (unpaired) electrons. The molecule has 0 heterocycles. The SMILES string of the molecule is CCCCCCCCCC(C(=O)O)c1ccccc1I. The number of rotatable bonds is 10. The number of benzene rings is 1. The Bertz CT molecular complexity index is 404. The second kappa shape index (κ2) is 10.2. The molecule has 0 amide bonds. The highest BCUT2D eigenvalue weighted by Crippen LogP contribution is 2.27. The average Bonchev–Trinajstić information content (AvgIpc) is 2.43. The minimum Gasteiger partial charge on any atom is -0.481 e. The van der Waals surface area contributed by atoms with Gasteiger partial charge >= 0.3 is 5.97 Å². The van der Waals surface area contributed by atoms with Crippen LogP contribution in [0.15, 0.2) is 24.3 Å². The molecule has 1 aromatic carbocycles. The Kier molecular flexibility index (Phi) is 8.90. The highest BCUT2D eigenvalue weighted by Gasteiger charge is 2.21. The van der Waals surface area contributed by atoms with Crippen molar-refractivity contribution in [2.45, 2.75) is 64.2 Å². The normalized spacial score (nSPS) is 12.3. The monoisotopic (exact) mass is 388 g/mol. The third kappa shape index (κ3) is 6.25. The number of hydrogen-bond acceptors (Lipinski definition) is 1. The molecular weight excluding hydrogens is 363 g/mol. The summed E-state index contributed by atoms with van der Waals surface area (Å²) in [7, 11) is 0. The number of carboxylic acids is 1. The van der Waals surface area contributed by atoms with Crippen molar-refractivity contribution in [3.05, 3.63) is 33.4 Å². The van der Waals surface area contributed by atoms with Crippen LogP contribution in [0.1, 0.15) is 69.8 Å². The van der Waals surface area contributed by atoms with E-state index < -0.39 is 5.97 Å². The van der Waals surface area contributed by atoms with Crippen LogP contribution in [-0.2, 0) is 4.79 Å². The molecule has 0 aliphatic rings. The smallest absolute Gasteiger partial charge is 0.311 e. The summed E-state index contributed by atoms with van der Waals surface area (Å²) in [6.07, 6.45) is 9.34. The fraction of sp³-hybridized carbons (Fsp3) is 0.588. The molecule has 0 spiro atoms. The maximum Gasteiger partial charge on any atom is 0.311 e. The zero-order valence-electron chi connectivity index (χ0n) is 12.3. The summed E-state index contributed by atoms with van der Waals surface area (Å²) in [5, 5.41) is 9.42. The van der Waals surface area contributed by atoms with E-state index in [1.54, 1.807) is 0 Å². The number of aliphatic carboxylic acids is 1. The number of unbranched alkanes of at least 4 members (excludes halogenated alkanes) is 6. The molecule has 0 fully saturated rings. The van der Waals surface area contributed by atoms with Gasteiger partial charge < -0.3 is 5.11 Å². The van der Waals surface area contributed by atoms with E-state index in [1.807, 2.05) is 24.3 Å². The van der Waals surface area contributed by atoms with E-state index in [9.17, 15) is 9.90 Å². The maximum atomic E-state index is 11.5. The standard InChI is InChI=1S/C17H25IO2/c1-2-3-4-5-6-7-8-12-15(17(19)20)14-11-9-10-13-16(14)18/h9-11,13,15H,2-8,12H2,1H3,(H,19,20). The van der Waals surface area contributed by atoms with E-state index in [2.05, 4.69) is 29.5 Å². The zero-order valence-corrected chi connectivity index (χ0v) is 14.4. The summed E-state index contributed by atoms with van der Waals surface area (Å²) in [6.45, 7) is 2.22. The fourth-order valence-electron chi connectivity index (χ4n) is 2.48. The van der Waals surface area contributed by atoms with Crippen molar-refractivity contribution in [1.82, 2.24) is 0 Å². The highest BCUT2D eigenvalue weighted by molar-refractivity contribution is 14.1. The van der Waals surface area contributed by atoms with Gasteiger partial charge in [-0.25, -0.2) is 0 Å². The quantitative estimate of drug-likeness (QED) is 0.419. The maximum absolute atomic E-state index is 11.5. The van der Waals surface area contributed by atoms with Crippen molar-refractivity contribution in [2.24, 2.45) is 0 Å². The molecule has 3 heteroatoms. The lowest BCUT2D eigenvalue weighted by molar-refractivity contribution is -0.139. The van der Waals surface area contributed by atoms with Gasteiger partial charge in [0.05, 0.1) is 5.92 Å². The summed E-state index contributed by atoms with van der Waals surface area (Å²) in [4.78, 5) is 11.5. The first kappa shape index (κ1) is 17.5. The number of carbonyl (C=O) groups is 1. The minimum absolute atomic E-state index is 0.348. The van der Waals surface area contributed by atoms with Crippen molar-refractivity contribution in [3.8, 4) is 0 Å². The number of hydrogen-bond donors (Lipinski definition) is 1. The van der Waals surface area contributed by atoms with Gasteiger partial charge in [0.1, 0.15) is 0 Å². The van der Waals surface area contributed by atoms with Gasteiger partial charge in [-0.2, -0.15) is 0 Å². The van der Waals surface area contributed by atoms with Gasteiger partial charge in [0.2, 0.25) is 0 Å². The third-order valence-electron chi connectivity index (χ3n) is 3.68. The molecule has 0 aromatic heterocycles. The molecule has 1 aromatic rings. The van der Waals surface area contributed by atoms with Gasteiger partial charge in [-0.15, -0.1) is 0 Å². The van der Waals surface area contributed by atoms with Crippen molar-refractivity contribution < 1.29 is 9.90 Å². The van der Waals surface area contributed by atoms with Gasteiger partial charge in [0.15, 0.2) is 0 Å². The number of halogens is 1. The van der Waals surface area contributed by atoms with E-state index >= 15 is 0 Å². The Morgan fingerprint density at radius 2 is 1.70 bits per heavy atom. The molecule has 2 nitrogen and oxygen atoms in total. The van der Waals surface area contributed by atoms with E-state index in [1.165, 1.54) is 32.1 Å². The van der Waals surface area contributed by atoms with Crippen LogP contribution in [-0.4, -0.2) is 11.1 Å². The first-order valence-corrected chi connectivity index (χ1v) is 8.72. The Labute approximate surface area is 136 Å². The fourth-order valence-corrected chi connectivity index (χ4v) is 3.24. The molecule has 0 saturated carbocycles. The van der Waals surface area contributed by atoms with Crippen LogP contribution < -0.4 is 0 Å². The molecule has 1 unspecified atom stereocenters. The molecule has 0 saturated heterocycles. The molecular formula is C17H25IO2. The van der Waals surface area contributed by atoms with Gasteiger partial charge in [-0.05, 0) is 40.6 Å². The summed E-state index contributed by atoms with van der Waals surface area (Å²) >= 11 is 2.23. The lowest BCUT2D eigenvalue weighted by atomic mass is 9.93. The summed E-state index contributed by atoms with van der Waals surface area (Å²) in [5.41, 5.74) is 0.964. The van der Waals surface area contributed by atoms with Crippen LogP contribution in [0.2, 0.25) is 0 Å². The predicted octanol–water partition coefficient (Wildman–Crippen LogP) is 5.60. The molecule has 0 aliphatic carbocycles. The zero-order chi connectivity index (χ0) is 14.8. The van der Waals surface area contributed by atoms with Crippen molar-refractivity contribution >= 4 is 28.6 Å². The van der Waals surface area contributed by atoms with Gasteiger partial charge in [-0.3, -0.25) is 4.79 Å². The van der Waals surface area contributed by atoms with Crippen LogP contribution in [0.5, 0.6) is 0 Å². The summed E-state index contributed by atoms with van der Waals surface area (Å²) in [5.74, 6) is -1.04. The molecule has 0 bridgehead atoms. The lowest BCUT2D eigenvalue weighted by Gasteiger charge is -2.14. The van der Waals surface area contributed by atoms with Gasteiger partial charge in [0, 0.05) is 3.57 Å². The Balaban J connectivity index is 2.38. The molecule has 20 heavy (non-hydrogen) atoms. The summed E-state index contributed by atoms with van der Waals surface area (Å²) in [6, 6.07) is 7.81.